The van der Waals surface area contributed by atoms with Gasteiger partial charge in [0.1, 0.15) is 18.0 Å². The molecule has 3 rings (SSSR count). The number of thioether (sulfide) groups is 1. The van der Waals surface area contributed by atoms with Crippen molar-refractivity contribution < 1.29 is 23.9 Å². The molecule has 8 heteroatoms. The number of nitrogens with one attached hydrogen (secondary N) is 1. The number of imide groups is 1. The number of carbonyl (C=O) groups is 3. The van der Waals surface area contributed by atoms with Crippen LogP contribution in [0.5, 0.6) is 11.5 Å². The topological polar surface area (TPSA) is 84.9 Å². The number of ether oxygens (including phenoxy) is 2. The number of hydrogen-bond acceptors (Lipinski definition) is 6. The van der Waals surface area contributed by atoms with Crippen molar-refractivity contribution in [2.75, 3.05) is 25.6 Å². The predicted molar refractivity (Wildman–Crippen MR) is 121 cm³/mol. The summed E-state index contributed by atoms with van der Waals surface area (Å²) in [6, 6.07) is 14.2. The van der Waals surface area contributed by atoms with Crippen LogP contribution in [-0.2, 0) is 9.59 Å². The summed E-state index contributed by atoms with van der Waals surface area (Å²) in [6.07, 6.45) is 1.63. The van der Waals surface area contributed by atoms with Gasteiger partial charge < -0.3 is 14.8 Å². The van der Waals surface area contributed by atoms with Crippen LogP contribution >= 0.6 is 11.8 Å². The molecule has 0 spiro atoms. The van der Waals surface area contributed by atoms with Crippen LogP contribution in [0.25, 0.3) is 6.08 Å². The maximum absolute atomic E-state index is 12.7. The summed E-state index contributed by atoms with van der Waals surface area (Å²) in [4.78, 5) is 38.5. The minimum atomic E-state index is -0.495. The molecule has 0 aliphatic carbocycles. The third-order valence-electron chi connectivity index (χ3n) is 4.32. The van der Waals surface area contributed by atoms with E-state index in [0.29, 0.717) is 24.0 Å². The van der Waals surface area contributed by atoms with Crippen LogP contribution in [0.2, 0.25) is 0 Å². The lowest BCUT2D eigenvalue weighted by Gasteiger charge is -2.14. The Morgan fingerprint density at radius 2 is 1.84 bits per heavy atom. The Balaban J connectivity index is 1.64. The number of amides is 3. The molecule has 2 aromatic rings. The maximum atomic E-state index is 12.7. The first-order valence-corrected chi connectivity index (χ1v) is 10.6. The predicted octanol–water partition coefficient (Wildman–Crippen LogP) is 4.41. The Labute approximate surface area is 185 Å². The average Bonchev–Trinajstić information content (AvgIpc) is 3.01. The number of hydrogen-bond donors (Lipinski definition) is 1. The molecule has 1 aliphatic heterocycles. The van der Waals surface area contributed by atoms with Crippen LogP contribution < -0.4 is 14.8 Å². The molecule has 1 fully saturated rings. The van der Waals surface area contributed by atoms with Gasteiger partial charge in [-0.2, -0.15) is 0 Å². The van der Waals surface area contributed by atoms with Crippen LogP contribution in [0.1, 0.15) is 19.4 Å². The van der Waals surface area contributed by atoms with Crippen LogP contribution in [0, 0.1) is 5.92 Å². The fraction of sp³-hybridized carbons (Fsp3) is 0.261. The highest BCUT2D eigenvalue weighted by Crippen LogP contribution is 2.32. The van der Waals surface area contributed by atoms with Gasteiger partial charge >= 0.3 is 0 Å². The zero-order valence-electron chi connectivity index (χ0n) is 17.6. The van der Waals surface area contributed by atoms with E-state index in [1.165, 1.54) is 7.11 Å². The van der Waals surface area contributed by atoms with Crippen molar-refractivity contribution in [2.24, 2.45) is 5.92 Å². The minimum absolute atomic E-state index is 0.269. The lowest BCUT2D eigenvalue weighted by atomic mass is 10.2. The molecule has 1 saturated heterocycles. The Hall–Kier alpha value is -3.26. The second kappa shape index (κ2) is 10.2. The van der Waals surface area contributed by atoms with Crippen molar-refractivity contribution in [2.45, 2.75) is 13.8 Å². The largest absolute Gasteiger partial charge is 0.495 e. The van der Waals surface area contributed by atoms with E-state index < -0.39 is 17.1 Å². The van der Waals surface area contributed by atoms with Crippen molar-refractivity contribution in [3.8, 4) is 11.5 Å². The first kappa shape index (κ1) is 22.4. The smallest absolute Gasteiger partial charge is 0.294 e. The third kappa shape index (κ3) is 5.88. The van der Waals surface area contributed by atoms with E-state index in [4.69, 9.17) is 9.47 Å². The fourth-order valence-corrected chi connectivity index (χ4v) is 3.63. The standard InChI is InChI=1S/C23H24N2O5S/c1-15(2)14-30-17-10-8-16(9-11-17)12-20-22(27)25(23(28)31-20)13-21(26)24-18-6-4-5-7-19(18)29-3/h4-12,15H,13-14H2,1-3H3,(H,24,26)/b20-12-. The Bertz CT molecular complexity index is 1000. The molecule has 0 bridgehead atoms. The van der Waals surface area contributed by atoms with Crippen LogP contribution in [0.3, 0.4) is 0 Å². The first-order valence-electron chi connectivity index (χ1n) is 9.78. The van der Waals surface area contributed by atoms with Crippen molar-refractivity contribution in [1.82, 2.24) is 4.90 Å². The summed E-state index contributed by atoms with van der Waals surface area (Å²) < 4.78 is 10.8. The van der Waals surface area contributed by atoms with E-state index in [9.17, 15) is 14.4 Å². The van der Waals surface area contributed by atoms with Gasteiger partial charge in [-0.05, 0) is 53.6 Å². The molecule has 0 saturated carbocycles. The number of para-hydroxylation sites is 2. The molecule has 1 heterocycles. The monoisotopic (exact) mass is 440 g/mol. The van der Waals surface area contributed by atoms with E-state index in [1.807, 2.05) is 24.3 Å². The van der Waals surface area contributed by atoms with Crippen molar-refractivity contribution >= 4 is 40.6 Å². The van der Waals surface area contributed by atoms with E-state index in [2.05, 4.69) is 19.2 Å². The van der Waals surface area contributed by atoms with Gasteiger partial charge in [-0.3, -0.25) is 19.3 Å². The first-order chi connectivity index (χ1) is 14.9. The zero-order valence-corrected chi connectivity index (χ0v) is 18.4. The quantitative estimate of drug-likeness (QED) is 0.612. The van der Waals surface area contributed by atoms with E-state index >= 15 is 0 Å². The molecule has 2 aromatic carbocycles. The Morgan fingerprint density at radius 1 is 1.13 bits per heavy atom. The summed E-state index contributed by atoms with van der Waals surface area (Å²) in [6.45, 7) is 4.39. The molecule has 162 valence electrons. The van der Waals surface area contributed by atoms with E-state index in [1.54, 1.807) is 30.3 Å². The number of anilines is 1. The van der Waals surface area contributed by atoms with Gasteiger partial charge in [0.15, 0.2) is 0 Å². The number of rotatable bonds is 8. The highest BCUT2D eigenvalue weighted by atomic mass is 32.2. The Morgan fingerprint density at radius 3 is 2.52 bits per heavy atom. The molecule has 0 atom stereocenters. The fourth-order valence-electron chi connectivity index (χ4n) is 2.79. The van der Waals surface area contributed by atoms with Crippen LogP contribution in [0.4, 0.5) is 10.5 Å². The van der Waals surface area contributed by atoms with Gasteiger partial charge in [0, 0.05) is 0 Å². The van der Waals surface area contributed by atoms with Gasteiger partial charge in [0.2, 0.25) is 5.91 Å². The molecule has 0 unspecified atom stereocenters. The van der Waals surface area contributed by atoms with Crippen LogP contribution in [0.15, 0.2) is 53.4 Å². The number of methoxy groups -OCH3 is 1. The minimum Gasteiger partial charge on any atom is -0.495 e. The molecule has 1 N–H and O–H groups in total. The molecule has 0 aromatic heterocycles. The van der Waals surface area contributed by atoms with Gasteiger partial charge in [0.25, 0.3) is 11.1 Å². The summed E-state index contributed by atoms with van der Waals surface area (Å²) in [5.74, 6) is 0.675. The molecule has 31 heavy (non-hydrogen) atoms. The van der Waals surface area contributed by atoms with E-state index in [0.717, 1.165) is 28.0 Å². The van der Waals surface area contributed by atoms with Gasteiger partial charge in [0.05, 0.1) is 24.3 Å². The second-order valence-corrected chi connectivity index (χ2v) is 8.28. The SMILES string of the molecule is COc1ccccc1NC(=O)CN1C(=O)S/C(=C\c2ccc(OCC(C)C)cc2)C1=O. The Kier molecular flexibility index (Phi) is 7.36. The van der Waals surface area contributed by atoms with Crippen LogP contribution in [-0.4, -0.2) is 42.2 Å². The number of benzene rings is 2. The summed E-state index contributed by atoms with van der Waals surface area (Å²) in [5.41, 5.74) is 1.23. The summed E-state index contributed by atoms with van der Waals surface area (Å²) in [5, 5.41) is 2.18. The summed E-state index contributed by atoms with van der Waals surface area (Å²) >= 11 is 0.814. The van der Waals surface area contributed by atoms with Gasteiger partial charge in [-0.15, -0.1) is 0 Å². The molecule has 3 amide bonds. The third-order valence-corrected chi connectivity index (χ3v) is 5.22. The molecular formula is C23H24N2O5S. The van der Waals surface area contributed by atoms with Crippen molar-refractivity contribution in [1.29, 1.82) is 0 Å². The second-order valence-electron chi connectivity index (χ2n) is 7.29. The maximum Gasteiger partial charge on any atom is 0.294 e. The lowest BCUT2D eigenvalue weighted by molar-refractivity contribution is -0.127. The zero-order chi connectivity index (χ0) is 22.4. The number of carbonyl (C=O) groups excluding carboxylic acids is 3. The highest BCUT2D eigenvalue weighted by molar-refractivity contribution is 8.18. The van der Waals surface area contributed by atoms with E-state index in [-0.39, 0.29) is 11.4 Å². The number of nitrogens with zero attached hydrogens (tertiary/aromatic N) is 1. The van der Waals surface area contributed by atoms with Gasteiger partial charge in [-0.1, -0.05) is 38.1 Å². The molecular weight excluding hydrogens is 416 g/mol. The highest BCUT2D eigenvalue weighted by Gasteiger charge is 2.36. The normalized spacial score (nSPS) is 15.0. The lowest BCUT2D eigenvalue weighted by Crippen LogP contribution is -2.36. The van der Waals surface area contributed by atoms with Crippen molar-refractivity contribution in [3.05, 3.63) is 59.0 Å². The molecule has 0 radical (unpaired) electrons. The molecule has 1 aliphatic rings. The average molecular weight is 441 g/mol. The summed E-state index contributed by atoms with van der Waals surface area (Å²) in [7, 11) is 1.50. The van der Waals surface area contributed by atoms with Crippen molar-refractivity contribution in [3.63, 3.8) is 0 Å². The molecule has 7 nitrogen and oxygen atoms in total. The van der Waals surface area contributed by atoms with Gasteiger partial charge in [-0.25, -0.2) is 0 Å².